The standard InChI is InChI=1S/C8H13BrF3N/c1-7(2)6(9)3-4-13(7)5-8(10,11)12/h6H,3-5H2,1-2H3. The Morgan fingerprint density at radius 1 is 1.46 bits per heavy atom. The molecule has 0 radical (unpaired) electrons. The monoisotopic (exact) mass is 259 g/mol. The Labute approximate surface area is 84.4 Å². The second-order valence-corrected chi connectivity index (χ2v) is 5.05. The van der Waals surface area contributed by atoms with Crippen LogP contribution in [0.1, 0.15) is 20.3 Å². The van der Waals surface area contributed by atoms with Crippen LogP contribution in [0, 0.1) is 0 Å². The fraction of sp³-hybridized carbons (Fsp3) is 1.00. The van der Waals surface area contributed by atoms with Gasteiger partial charge in [-0.2, -0.15) is 13.2 Å². The molecule has 0 aromatic carbocycles. The second kappa shape index (κ2) is 3.42. The van der Waals surface area contributed by atoms with E-state index < -0.39 is 18.3 Å². The van der Waals surface area contributed by atoms with Gasteiger partial charge in [0.2, 0.25) is 0 Å². The van der Waals surface area contributed by atoms with Crippen LogP contribution in [0.4, 0.5) is 13.2 Å². The van der Waals surface area contributed by atoms with E-state index in [1.807, 2.05) is 13.8 Å². The van der Waals surface area contributed by atoms with E-state index in [9.17, 15) is 13.2 Å². The molecule has 0 aromatic rings. The maximum atomic E-state index is 12.1. The minimum Gasteiger partial charge on any atom is -0.289 e. The van der Waals surface area contributed by atoms with Crippen LogP contribution in [0.15, 0.2) is 0 Å². The van der Waals surface area contributed by atoms with Gasteiger partial charge in [-0.1, -0.05) is 15.9 Å². The normalized spacial score (nSPS) is 29.5. The van der Waals surface area contributed by atoms with Crippen LogP contribution in [0.3, 0.4) is 0 Å². The lowest BCUT2D eigenvalue weighted by Crippen LogP contribution is -2.47. The van der Waals surface area contributed by atoms with E-state index in [0.29, 0.717) is 6.54 Å². The van der Waals surface area contributed by atoms with E-state index in [-0.39, 0.29) is 4.83 Å². The zero-order valence-corrected chi connectivity index (χ0v) is 9.24. The highest BCUT2D eigenvalue weighted by atomic mass is 79.9. The van der Waals surface area contributed by atoms with Gasteiger partial charge in [0.25, 0.3) is 0 Å². The summed E-state index contributed by atoms with van der Waals surface area (Å²) in [5.41, 5.74) is -0.393. The lowest BCUT2D eigenvalue weighted by molar-refractivity contribution is -0.152. The lowest BCUT2D eigenvalue weighted by atomic mass is 10.0. The van der Waals surface area contributed by atoms with Crippen LogP contribution in [0.2, 0.25) is 0 Å². The molecule has 78 valence electrons. The number of nitrogens with zero attached hydrogens (tertiary/aromatic N) is 1. The van der Waals surface area contributed by atoms with Crippen molar-refractivity contribution in [2.75, 3.05) is 13.1 Å². The molecule has 0 spiro atoms. The Morgan fingerprint density at radius 2 is 2.00 bits per heavy atom. The fourth-order valence-electron chi connectivity index (χ4n) is 1.61. The average Bonchev–Trinajstić information content (AvgIpc) is 2.13. The first-order valence-corrected chi connectivity index (χ1v) is 5.11. The van der Waals surface area contributed by atoms with Crippen molar-refractivity contribution in [1.29, 1.82) is 0 Å². The molecule has 0 saturated carbocycles. The third-order valence-corrected chi connectivity index (χ3v) is 4.18. The predicted molar refractivity (Wildman–Crippen MR) is 49.0 cm³/mol. The van der Waals surface area contributed by atoms with E-state index in [2.05, 4.69) is 15.9 Å². The first-order chi connectivity index (χ1) is 5.73. The number of rotatable bonds is 1. The zero-order valence-electron chi connectivity index (χ0n) is 7.66. The van der Waals surface area contributed by atoms with Crippen molar-refractivity contribution in [3.8, 4) is 0 Å². The first-order valence-electron chi connectivity index (χ1n) is 4.19. The summed E-state index contributed by atoms with van der Waals surface area (Å²) < 4.78 is 36.4. The molecule has 1 unspecified atom stereocenters. The predicted octanol–water partition coefficient (Wildman–Crippen LogP) is 2.80. The van der Waals surface area contributed by atoms with Crippen molar-refractivity contribution >= 4 is 15.9 Å². The molecule has 0 aromatic heterocycles. The Hall–Kier alpha value is 0.230. The first kappa shape index (κ1) is 11.3. The zero-order chi connectivity index (χ0) is 10.3. The summed E-state index contributed by atoms with van der Waals surface area (Å²) in [6.07, 6.45) is -3.31. The topological polar surface area (TPSA) is 3.24 Å². The largest absolute Gasteiger partial charge is 0.401 e. The highest BCUT2D eigenvalue weighted by Gasteiger charge is 2.44. The van der Waals surface area contributed by atoms with E-state index >= 15 is 0 Å². The molecular weight excluding hydrogens is 247 g/mol. The van der Waals surface area contributed by atoms with Gasteiger partial charge < -0.3 is 0 Å². The van der Waals surface area contributed by atoms with E-state index in [4.69, 9.17) is 0 Å². The van der Waals surface area contributed by atoms with Gasteiger partial charge in [0.05, 0.1) is 6.54 Å². The number of hydrogen-bond donors (Lipinski definition) is 0. The summed E-state index contributed by atoms with van der Waals surface area (Å²) in [6, 6.07) is 0. The molecule has 0 bridgehead atoms. The minimum atomic E-state index is -4.09. The number of likely N-dealkylation sites (tertiary alicyclic amines) is 1. The summed E-state index contributed by atoms with van der Waals surface area (Å²) >= 11 is 3.40. The molecule has 1 aliphatic rings. The Balaban J connectivity index is 2.63. The number of alkyl halides is 4. The van der Waals surface area contributed by atoms with Gasteiger partial charge in [0.1, 0.15) is 0 Å². The van der Waals surface area contributed by atoms with Gasteiger partial charge in [-0.05, 0) is 20.3 Å². The molecule has 1 nitrogen and oxygen atoms in total. The van der Waals surface area contributed by atoms with Crippen molar-refractivity contribution in [1.82, 2.24) is 4.90 Å². The van der Waals surface area contributed by atoms with Gasteiger partial charge in [0.15, 0.2) is 0 Å². The molecule has 13 heavy (non-hydrogen) atoms. The van der Waals surface area contributed by atoms with Gasteiger partial charge in [0, 0.05) is 16.9 Å². The highest BCUT2D eigenvalue weighted by Crippen LogP contribution is 2.36. The molecule has 0 N–H and O–H groups in total. The molecule has 1 atom stereocenters. The molecule has 1 aliphatic heterocycles. The maximum absolute atomic E-state index is 12.1. The molecule has 1 rings (SSSR count). The molecule has 5 heteroatoms. The van der Waals surface area contributed by atoms with Crippen LogP contribution in [0.5, 0.6) is 0 Å². The summed E-state index contributed by atoms with van der Waals surface area (Å²) in [6.45, 7) is 3.39. The lowest BCUT2D eigenvalue weighted by Gasteiger charge is -2.34. The van der Waals surface area contributed by atoms with Crippen molar-refractivity contribution in [2.24, 2.45) is 0 Å². The van der Waals surface area contributed by atoms with Crippen molar-refractivity contribution in [3.05, 3.63) is 0 Å². The van der Waals surface area contributed by atoms with Crippen LogP contribution in [-0.2, 0) is 0 Å². The molecule has 1 heterocycles. The number of hydrogen-bond acceptors (Lipinski definition) is 1. The van der Waals surface area contributed by atoms with Crippen molar-refractivity contribution in [3.63, 3.8) is 0 Å². The van der Waals surface area contributed by atoms with Crippen LogP contribution >= 0.6 is 15.9 Å². The second-order valence-electron chi connectivity index (χ2n) is 3.95. The summed E-state index contributed by atoms with van der Waals surface area (Å²) in [4.78, 5) is 1.63. The van der Waals surface area contributed by atoms with Gasteiger partial charge in [-0.15, -0.1) is 0 Å². The molecule has 1 fully saturated rings. The molecular formula is C8H13BrF3N. The van der Waals surface area contributed by atoms with Gasteiger partial charge in [-0.3, -0.25) is 4.90 Å². The Morgan fingerprint density at radius 3 is 2.31 bits per heavy atom. The molecule has 0 amide bonds. The summed E-state index contributed by atoms with van der Waals surface area (Å²) in [5, 5.41) is 0. The minimum absolute atomic E-state index is 0.155. The van der Waals surface area contributed by atoms with Crippen LogP contribution < -0.4 is 0 Å². The Kier molecular flexibility index (Phi) is 2.98. The van der Waals surface area contributed by atoms with E-state index in [1.54, 1.807) is 0 Å². The SMILES string of the molecule is CC1(C)C(Br)CCN1CC(F)(F)F. The van der Waals surface area contributed by atoms with E-state index in [1.165, 1.54) is 4.90 Å². The van der Waals surface area contributed by atoms with Crippen molar-refractivity contribution < 1.29 is 13.2 Å². The third kappa shape index (κ3) is 2.59. The van der Waals surface area contributed by atoms with Crippen LogP contribution in [0.25, 0.3) is 0 Å². The summed E-state index contributed by atoms with van der Waals surface area (Å²) in [7, 11) is 0. The fourth-order valence-corrected chi connectivity index (χ4v) is 2.10. The maximum Gasteiger partial charge on any atom is 0.401 e. The number of halogens is 4. The van der Waals surface area contributed by atoms with E-state index in [0.717, 1.165) is 6.42 Å². The quantitative estimate of drug-likeness (QED) is 0.655. The average molecular weight is 260 g/mol. The highest BCUT2D eigenvalue weighted by molar-refractivity contribution is 9.09. The van der Waals surface area contributed by atoms with Gasteiger partial charge >= 0.3 is 6.18 Å². The smallest absolute Gasteiger partial charge is 0.289 e. The summed E-state index contributed by atoms with van der Waals surface area (Å²) in [5.74, 6) is 0. The molecule has 1 saturated heterocycles. The van der Waals surface area contributed by atoms with Crippen molar-refractivity contribution in [2.45, 2.75) is 36.8 Å². The van der Waals surface area contributed by atoms with Crippen LogP contribution in [-0.4, -0.2) is 34.5 Å². The third-order valence-electron chi connectivity index (χ3n) is 2.60. The molecule has 0 aliphatic carbocycles. The van der Waals surface area contributed by atoms with Gasteiger partial charge in [-0.25, -0.2) is 0 Å². The Bertz CT molecular complexity index is 190.